The van der Waals surface area contributed by atoms with Crippen molar-refractivity contribution in [1.82, 2.24) is 34.2 Å². The summed E-state index contributed by atoms with van der Waals surface area (Å²) in [4.78, 5) is 35.1. The van der Waals surface area contributed by atoms with Gasteiger partial charge in [-0.15, -0.1) is 0 Å². The zero-order valence-corrected chi connectivity index (χ0v) is 26.9. The number of halogens is 6. The molecule has 264 valence electrons. The van der Waals surface area contributed by atoms with Crippen molar-refractivity contribution in [2.75, 3.05) is 5.32 Å². The number of benzene rings is 2. The van der Waals surface area contributed by atoms with E-state index >= 15 is 0 Å². The van der Waals surface area contributed by atoms with Gasteiger partial charge in [-0.05, 0) is 61.4 Å². The molecular weight excluding hydrogens is 694 g/mol. The van der Waals surface area contributed by atoms with E-state index in [4.69, 9.17) is 4.74 Å². The fourth-order valence-electron chi connectivity index (χ4n) is 5.31. The molecule has 7 aromatic rings. The van der Waals surface area contributed by atoms with Crippen LogP contribution in [0.2, 0.25) is 0 Å². The van der Waals surface area contributed by atoms with Crippen molar-refractivity contribution in [2.45, 2.75) is 26.2 Å². The van der Waals surface area contributed by atoms with Crippen LogP contribution >= 0.6 is 0 Å². The van der Waals surface area contributed by atoms with Crippen LogP contribution in [0.15, 0.2) is 97.6 Å². The van der Waals surface area contributed by atoms with Gasteiger partial charge in [-0.2, -0.15) is 41.1 Å². The van der Waals surface area contributed by atoms with Crippen molar-refractivity contribution in [1.29, 1.82) is 0 Å². The number of amides is 1. The van der Waals surface area contributed by atoms with Crippen molar-refractivity contribution in [3.05, 3.63) is 126 Å². The molecule has 52 heavy (non-hydrogen) atoms. The summed E-state index contributed by atoms with van der Waals surface area (Å²) in [5, 5.41) is 11.2. The van der Waals surface area contributed by atoms with Crippen molar-refractivity contribution in [3.8, 4) is 28.4 Å². The van der Waals surface area contributed by atoms with Gasteiger partial charge in [0.2, 0.25) is 5.88 Å². The van der Waals surface area contributed by atoms with E-state index in [-0.39, 0.29) is 40.6 Å². The maximum Gasteiger partial charge on any atom is 0.417 e. The Morgan fingerprint density at radius 3 is 1.77 bits per heavy atom. The predicted molar refractivity (Wildman–Crippen MR) is 175 cm³/mol. The summed E-state index contributed by atoms with van der Waals surface area (Å²) in [6, 6.07) is 16.8. The number of carbonyl (C=O) groups excluding carboxylic acids is 2. The van der Waals surface area contributed by atoms with E-state index in [0.29, 0.717) is 28.1 Å². The Balaban J connectivity index is 0.000000183. The second-order valence-electron chi connectivity index (χ2n) is 11.1. The van der Waals surface area contributed by atoms with Crippen LogP contribution in [-0.4, -0.2) is 46.6 Å². The highest BCUT2D eigenvalue weighted by Crippen LogP contribution is 2.38. The van der Waals surface area contributed by atoms with Crippen molar-refractivity contribution >= 4 is 29.4 Å². The van der Waals surface area contributed by atoms with Crippen LogP contribution in [0.4, 0.5) is 32.0 Å². The van der Waals surface area contributed by atoms with E-state index in [1.54, 1.807) is 38.1 Å². The first-order valence-electron chi connectivity index (χ1n) is 15.1. The summed E-state index contributed by atoms with van der Waals surface area (Å²) in [6.07, 6.45) is -3.38. The average molecular weight is 719 g/mol. The molecule has 5 heterocycles. The lowest BCUT2D eigenvalue weighted by molar-refractivity contribution is -0.137. The van der Waals surface area contributed by atoms with Gasteiger partial charge in [0.1, 0.15) is 0 Å². The molecule has 0 radical (unpaired) electrons. The number of carbonyl (C=O) groups is 2. The number of aryl methyl sites for hydroxylation is 2. The maximum absolute atomic E-state index is 13.5. The van der Waals surface area contributed by atoms with Gasteiger partial charge in [0.15, 0.2) is 17.0 Å². The van der Waals surface area contributed by atoms with Gasteiger partial charge < -0.3 is 10.1 Å². The molecule has 0 saturated carbocycles. The quantitative estimate of drug-likeness (QED) is 0.137. The SMILES string of the molecule is Cc1cc2ncc(C(=O)Nc3ccncc3)n2nc1-c1ccccc1C(F)(F)F.Cc1cc2ncc(OC=O)n2nc1-c1ccccc1C(F)(F)F. The number of hydrogen-bond acceptors (Lipinski definition) is 8. The standard InChI is InChI=1S/C20H14F3N5O.C15H10F3N3O2/c1-12-10-17-25-11-16(19(29)26-13-6-8-24-9-7-13)28(17)27-18(12)14-4-2-3-5-15(14)20(21,22)23;1-9-6-12-19-7-13(23-8-22)21(12)20-14(9)10-4-2-3-5-11(10)15(16,17)18/h2-11H,1H3,(H,24,26,29);2-8H,1H3. The molecule has 17 heteroatoms. The van der Waals surface area contributed by atoms with E-state index in [1.807, 2.05) is 0 Å². The van der Waals surface area contributed by atoms with Crippen LogP contribution in [-0.2, 0) is 17.1 Å². The fourth-order valence-corrected chi connectivity index (χ4v) is 5.31. The van der Waals surface area contributed by atoms with E-state index in [2.05, 4.69) is 30.5 Å². The van der Waals surface area contributed by atoms with Gasteiger partial charge in [0.05, 0.1) is 34.9 Å². The Morgan fingerprint density at radius 2 is 1.23 bits per heavy atom. The third-order valence-corrected chi connectivity index (χ3v) is 7.65. The molecule has 0 unspecified atom stereocenters. The van der Waals surface area contributed by atoms with Gasteiger partial charge in [-0.25, -0.2) is 14.5 Å². The molecule has 0 aliphatic carbocycles. The van der Waals surface area contributed by atoms with Crippen LogP contribution in [0.5, 0.6) is 5.88 Å². The summed E-state index contributed by atoms with van der Waals surface area (Å²) in [5.74, 6) is -0.462. The van der Waals surface area contributed by atoms with Crippen molar-refractivity contribution < 1.29 is 40.7 Å². The number of hydrogen-bond donors (Lipinski definition) is 1. The summed E-state index contributed by atoms with van der Waals surface area (Å²) >= 11 is 0. The van der Waals surface area contributed by atoms with E-state index in [1.165, 1.54) is 70.2 Å². The van der Waals surface area contributed by atoms with E-state index in [9.17, 15) is 35.9 Å². The Morgan fingerprint density at radius 1 is 0.731 bits per heavy atom. The Labute approximate surface area is 289 Å². The molecule has 0 aliphatic heterocycles. The summed E-state index contributed by atoms with van der Waals surface area (Å²) in [7, 11) is 0. The lowest BCUT2D eigenvalue weighted by atomic mass is 10.0. The molecule has 1 amide bonds. The van der Waals surface area contributed by atoms with Crippen LogP contribution in [0.25, 0.3) is 33.8 Å². The predicted octanol–water partition coefficient (Wildman–Crippen LogP) is 7.63. The molecule has 0 aliphatic rings. The zero-order valence-electron chi connectivity index (χ0n) is 26.9. The third kappa shape index (κ3) is 7.14. The molecule has 7 rings (SSSR count). The summed E-state index contributed by atoms with van der Waals surface area (Å²) in [5.41, 5.74) is 0.962. The topological polar surface area (TPSA) is 129 Å². The minimum absolute atomic E-state index is 0.0285. The minimum atomic E-state index is -4.53. The summed E-state index contributed by atoms with van der Waals surface area (Å²) in [6.45, 7) is 3.50. The normalized spacial score (nSPS) is 11.6. The Kier molecular flexibility index (Phi) is 9.43. The van der Waals surface area contributed by atoms with E-state index in [0.717, 1.165) is 12.1 Å². The van der Waals surface area contributed by atoms with Crippen LogP contribution in [0.1, 0.15) is 32.7 Å². The van der Waals surface area contributed by atoms with Gasteiger partial charge >= 0.3 is 12.4 Å². The molecule has 1 N–H and O–H groups in total. The molecule has 0 spiro atoms. The van der Waals surface area contributed by atoms with Crippen LogP contribution in [0, 0.1) is 13.8 Å². The first-order chi connectivity index (χ1) is 24.8. The number of alkyl halides is 6. The molecule has 0 saturated heterocycles. The second kappa shape index (κ2) is 13.9. The number of pyridine rings is 1. The largest absolute Gasteiger partial charge is 0.417 e. The van der Waals surface area contributed by atoms with Crippen LogP contribution < -0.4 is 10.1 Å². The molecule has 11 nitrogen and oxygen atoms in total. The number of rotatable bonds is 6. The van der Waals surface area contributed by atoms with Crippen molar-refractivity contribution in [2.24, 2.45) is 0 Å². The lowest BCUT2D eigenvalue weighted by Crippen LogP contribution is -2.16. The average Bonchev–Trinajstić information content (AvgIpc) is 3.70. The van der Waals surface area contributed by atoms with Crippen molar-refractivity contribution in [3.63, 3.8) is 0 Å². The highest BCUT2D eigenvalue weighted by molar-refractivity contribution is 6.03. The highest BCUT2D eigenvalue weighted by atomic mass is 19.4. The minimum Gasteiger partial charge on any atom is -0.408 e. The Hall–Kier alpha value is -6.65. The number of nitrogens with one attached hydrogen (secondary N) is 1. The van der Waals surface area contributed by atoms with Crippen LogP contribution in [0.3, 0.4) is 0 Å². The third-order valence-electron chi connectivity index (χ3n) is 7.65. The monoisotopic (exact) mass is 718 g/mol. The maximum atomic E-state index is 13.5. The van der Waals surface area contributed by atoms with Gasteiger partial charge in [0.25, 0.3) is 12.4 Å². The van der Waals surface area contributed by atoms with E-state index < -0.39 is 29.4 Å². The molecule has 0 fully saturated rings. The number of ether oxygens (including phenoxy) is 1. The summed E-state index contributed by atoms with van der Waals surface area (Å²) < 4.78 is 87.1. The first kappa shape index (κ1) is 35.2. The number of imidazole rings is 2. The molecule has 0 bridgehead atoms. The molecule has 2 aromatic carbocycles. The second-order valence-corrected chi connectivity index (χ2v) is 11.1. The first-order valence-corrected chi connectivity index (χ1v) is 15.1. The lowest BCUT2D eigenvalue weighted by Gasteiger charge is -2.14. The van der Waals surface area contributed by atoms with Gasteiger partial charge in [0, 0.05) is 29.2 Å². The zero-order chi connectivity index (χ0) is 37.2. The molecule has 5 aromatic heterocycles. The molecular formula is C35H24F6N8O3. The highest BCUT2D eigenvalue weighted by Gasteiger charge is 2.35. The smallest absolute Gasteiger partial charge is 0.408 e. The number of nitrogens with zero attached hydrogens (tertiary/aromatic N) is 7. The Bertz CT molecular complexity index is 2420. The molecule has 0 atom stereocenters. The number of fused-ring (bicyclic) bond motifs is 2. The van der Waals surface area contributed by atoms with Gasteiger partial charge in [-0.3, -0.25) is 14.6 Å². The van der Waals surface area contributed by atoms with Gasteiger partial charge in [-0.1, -0.05) is 36.4 Å². The number of aromatic nitrogens is 7. The fraction of sp³-hybridized carbons (Fsp3) is 0.114. The number of anilines is 1.